The van der Waals surface area contributed by atoms with Gasteiger partial charge in [0, 0.05) is 36.9 Å². The summed E-state index contributed by atoms with van der Waals surface area (Å²) in [6.07, 6.45) is 3.07. The van der Waals surface area contributed by atoms with Gasteiger partial charge in [-0.05, 0) is 42.5 Å². The number of hydrogen-bond acceptors (Lipinski definition) is 3. The van der Waals surface area contributed by atoms with E-state index in [4.69, 9.17) is 0 Å². The fraction of sp³-hybridized carbons (Fsp3) is 0.0870. The highest BCUT2D eigenvalue weighted by atomic mass is 19.1. The van der Waals surface area contributed by atoms with Crippen LogP contribution in [-0.2, 0) is 7.05 Å². The lowest BCUT2D eigenvalue weighted by Gasteiger charge is -2.17. The lowest BCUT2D eigenvalue weighted by Crippen LogP contribution is -2.26. The first-order valence-electron chi connectivity index (χ1n) is 9.46. The molecule has 0 unspecified atom stereocenters. The van der Waals surface area contributed by atoms with E-state index in [0.717, 1.165) is 16.6 Å². The van der Waals surface area contributed by atoms with Crippen molar-refractivity contribution in [2.75, 3.05) is 11.9 Å². The minimum atomic E-state index is -0.348. The molecule has 5 rings (SSSR count). The number of anilines is 1. The van der Waals surface area contributed by atoms with Crippen LogP contribution in [-0.4, -0.2) is 32.1 Å². The van der Waals surface area contributed by atoms with Crippen LogP contribution in [0, 0.1) is 5.82 Å². The van der Waals surface area contributed by atoms with Gasteiger partial charge in [-0.3, -0.25) is 13.9 Å². The van der Waals surface area contributed by atoms with E-state index in [1.54, 1.807) is 39.4 Å². The summed E-state index contributed by atoms with van der Waals surface area (Å²) in [5.41, 5.74) is 4.20. The van der Waals surface area contributed by atoms with Crippen molar-refractivity contribution in [3.05, 3.63) is 84.4 Å². The molecule has 0 saturated carbocycles. The van der Waals surface area contributed by atoms with Gasteiger partial charge < -0.3 is 4.90 Å². The third-order valence-corrected chi connectivity index (χ3v) is 5.26. The number of pyridine rings is 1. The molecule has 0 spiro atoms. The van der Waals surface area contributed by atoms with Crippen molar-refractivity contribution in [1.29, 1.82) is 0 Å². The molecule has 2 aromatic carbocycles. The zero-order chi connectivity index (χ0) is 20.8. The number of benzene rings is 2. The van der Waals surface area contributed by atoms with Crippen LogP contribution >= 0.6 is 0 Å². The molecule has 3 heterocycles. The maximum absolute atomic E-state index is 13.8. The molecule has 148 valence electrons. The smallest absolute Gasteiger partial charge is 0.258 e. The summed E-state index contributed by atoms with van der Waals surface area (Å²) in [6, 6.07) is 18.0. The number of halogens is 1. The molecule has 0 N–H and O–H groups in total. The quantitative estimate of drug-likeness (QED) is 0.454. The molecule has 3 aromatic heterocycles. The molecule has 7 heteroatoms. The Morgan fingerprint density at radius 1 is 1.07 bits per heavy atom. The van der Waals surface area contributed by atoms with Crippen LogP contribution in [0.2, 0.25) is 0 Å². The van der Waals surface area contributed by atoms with E-state index in [-0.39, 0.29) is 11.7 Å². The highest BCUT2D eigenvalue weighted by molar-refractivity contribution is 6.08. The third-order valence-electron chi connectivity index (χ3n) is 5.26. The Kier molecular flexibility index (Phi) is 4.10. The van der Waals surface area contributed by atoms with Gasteiger partial charge >= 0.3 is 0 Å². The molecule has 0 fully saturated rings. The minimum Gasteiger partial charge on any atom is -0.311 e. The maximum atomic E-state index is 13.8. The average molecular weight is 399 g/mol. The number of nitrogens with zero attached hydrogens (tertiary/aromatic N) is 5. The second kappa shape index (κ2) is 6.81. The first-order chi connectivity index (χ1) is 14.5. The van der Waals surface area contributed by atoms with E-state index >= 15 is 0 Å². The number of aryl methyl sites for hydroxylation is 1. The summed E-state index contributed by atoms with van der Waals surface area (Å²) in [6.45, 7) is 0. The predicted molar refractivity (Wildman–Crippen MR) is 114 cm³/mol. The van der Waals surface area contributed by atoms with Crippen molar-refractivity contribution in [1.82, 2.24) is 19.2 Å². The Balaban J connectivity index is 1.59. The zero-order valence-corrected chi connectivity index (χ0v) is 16.5. The molecular weight excluding hydrogens is 381 g/mol. The molecule has 0 aliphatic heterocycles. The van der Waals surface area contributed by atoms with Gasteiger partial charge in [0.05, 0.1) is 17.4 Å². The van der Waals surface area contributed by atoms with Crippen molar-refractivity contribution in [2.24, 2.45) is 7.05 Å². The Labute approximate surface area is 171 Å². The van der Waals surface area contributed by atoms with Gasteiger partial charge in [0.2, 0.25) is 0 Å². The molecule has 0 radical (unpaired) electrons. The molecule has 5 aromatic rings. The van der Waals surface area contributed by atoms with Crippen LogP contribution in [0.1, 0.15) is 10.4 Å². The van der Waals surface area contributed by atoms with Gasteiger partial charge in [0.15, 0.2) is 0 Å². The fourth-order valence-corrected chi connectivity index (χ4v) is 3.67. The molecule has 1 amide bonds. The Morgan fingerprint density at radius 2 is 1.87 bits per heavy atom. The van der Waals surface area contributed by atoms with Gasteiger partial charge in [0.1, 0.15) is 17.2 Å². The molecule has 0 bridgehead atoms. The fourth-order valence-electron chi connectivity index (χ4n) is 3.67. The van der Waals surface area contributed by atoms with E-state index in [1.165, 1.54) is 12.3 Å². The average Bonchev–Trinajstić information content (AvgIpc) is 3.33. The number of carbonyl (C=O) groups is 1. The normalized spacial score (nSPS) is 11.3. The number of imidazole rings is 1. The van der Waals surface area contributed by atoms with Crippen molar-refractivity contribution in [3.63, 3.8) is 0 Å². The van der Waals surface area contributed by atoms with Crippen LogP contribution in [0.3, 0.4) is 0 Å². The summed E-state index contributed by atoms with van der Waals surface area (Å²) in [4.78, 5) is 18.9. The summed E-state index contributed by atoms with van der Waals surface area (Å²) >= 11 is 0. The van der Waals surface area contributed by atoms with Gasteiger partial charge in [-0.1, -0.05) is 18.2 Å². The van der Waals surface area contributed by atoms with Crippen LogP contribution in [0.5, 0.6) is 0 Å². The number of carbonyl (C=O) groups excluding carboxylic acids is 1. The Morgan fingerprint density at radius 3 is 2.67 bits per heavy atom. The van der Waals surface area contributed by atoms with Crippen molar-refractivity contribution < 1.29 is 9.18 Å². The van der Waals surface area contributed by atoms with E-state index in [9.17, 15) is 9.18 Å². The second-order valence-electron chi connectivity index (χ2n) is 7.12. The van der Waals surface area contributed by atoms with Crippen LogP contribution in [0.4, 0.5) is 10.1 Å². The van der Waals surface area contributed by atoms with E-state index in [1.807, 2.05) is 49.5 Å². The summed E-state index contributed by atoms with van der Waals surface area (Å²) in [5.74, 6) is -0.457. The maximum Gasteiger partial charge on any atom is 0.258 e. The highest BCUT2D eigenvalue weighted by Crippen LogP contribution is 2.29. The Bertz CT molecular complexity index is 1400. The number of fused-ring (bicyclic) bond motifs is 2. The molecule has 6 nitrogen and oxygen atoms in total. The molecule has 30 heavy (non-hydrogen) atoms. The summed E-state index contributed by atoms with van der Waals surface area (Å²) < 4.78 is 17.2. The Hall–Kier alpha value is -4.00. The SMILES string of the molecule is CN(C(=O)c1ccc2c(-c3cnc4ccc(F)cn34)nn(C)c2c1)c1ccccc1. The van der Waals surface area contributed by atoms with Crippen molar-refractivity contribution in [2.45, 2.75) is 0 Å². The number of para-hydroxylation sites is 1. The minimum absolute atomic E-state index is 0.109. The van der Waals surface area contributed by atoms with E-state index in [0.29, 0.717) is 22.6 Å². The molecule has 0 saturated heterocycles. The largest absolute Gasteiger partial charge is 0.311 e. The van der Waals surface area contributed by atoms with Gasteiger partial charge in [-0.15, -0.1) is 0 Å². The number of hydrogen-bond donors (Lipinski definition) is 0. The van der Waals surface area contributed by atoms with Gasteiger partial charge in [0.25, 0.3) is 5.91 Å². The van der Waals surface area contributed by atoms with Crippen molar-refractivity contribution in [3.8, 4) is 11.4 Å². The topological polar surface area (TPSA) is 55.4 Å². The lowest BCUT2D eigenvalue weighted by molar-refractivity contribution is 0.0993. The first-order valence-corrected chi connectivity index (χ1v) is 9.46. The predicted octanol–water partition coefficient (Wildman–Crippen LogP) is 4.30. The molecule has 0 aliphatic carbocycles. The van der Waals surface area contributed by atoms with Crippen molar-refractivity contribution >= 4 is 28.1 Å². The van der Waals surface area contributed by atoms with Gasteiger partial charge in [-0.25, -0.2) is 9.37 Å². The van der Waals surface area contributed by atoms with Crippen LogP contribution in [0.15, 0.2) is 73.1 Å². The molecular formula is C23H18FN5O. The third kappa shape index (κ3) is 2.83. The summed E-state index contributed by atoms with van der Waals surface area (Å²) in [5, 5.41) is 5.49. The number of aromatic nitrogens is 4. The number of amides is 1. The monoisotopic (exact) mass is 399 g/mol. The van der Waals surface area contributed by atoms with E-state index in [2.05, 4.69) is 10.1 Å². The lowest BCUT2D eigenvalue weighted by atomic mass is 10.1. The molecule has 0 atom stereocenters. The molecule has 0 aliphatic rings. The highest BCUT2D eigenvalue weighted by Gasteiger charge is 2.19. The number of rotatable bonds is 3. The second-order valence-corrected chi connectivity index (χ2v) is 7.12. The summed E-state index contributed by atoms with van der Waals surface area (Å²) in [7, 11) is 3.58. The van der Waals surface area contributed by atoms with Gasteiger partial charge in [-0.2, -0.15) is 5.10 Å². The first kappa shape index (κ1) is 18.1. The van der Waals surface area contributed by atoms with E-state index < -0.39 is 0 Å². The standard InChI is InChI=1S/C23H18FN5O/c1-27(17-6-4-3-5-7-17)23(30)15-8-10-18-19(12-15)28(2)26-22(18)20-13-25-21-11-9-16(24)14-29(20)21/h3-14H,1-2H3. The van der Waals surface area contributed by atoms with Crippen LogP contribution in [0.25, 0.3) is 27.9 Å². The van der Waals surface area contributed by atoms with Crippen LogP contribution < -0.4 is 4.90 Å². The zero-order valence-electron chi connectivity index (χ0n) is 16.5.